The fourth-order valence-corrected chi connectivity index (χ4v) is 1.50. The first-order chi connectivity index (χ1) is 5.50. The normalized spacial score (nSPS) is 26.2. The maximum absolute atomic E-state index is 11.3. The monoisotopic (exact) mass is 168 g/mol. The van der Waals surface area contributed by atoms with Crippen LogP contribution in [0.4, 0.5) is 0 Å². The van der Waals surface area contributed by atoms with Crippen molar-refractivity contribution in [3.8, 4) is 0 Å². The lowest BCUT2D eigenvalue weighted by molar-refractivity contribution is -0.154. The Morgan fingerprint density at radius 1 is 1.75 bits per heavy atom. The van der Waals surface area contributed by atoms with Crippen LogP contribution < -0.4 is 0 Å². The highest BCUT2D eigenvalue weighted by Gasteiger charge is 2.47. The number of allylic oxidation sites excluding steroid dienone is 1. The molecule has 0 aromatic rings. The molecule has 2 nitrogen and oxygen atoms in total. The third-order valence-electron chi connectivity index (χ3n) is 2.80. The van der Waals surface area contributed by atoms with Crippen LogP contribution in [-0.4, -0.2) is 12.6 Å². The molecular formula is C10H16O2. The highest BCUT2D eigenvalue weighted by atomic mass is 16.5. The molecule has 12 heavy (non-hydrogen) atoms. The van der Waals surface area contributed by atoms with Crippen molar-refractivity contribution in [2.45, 2.75) is 27.2 Å². The van der Waals surface area contributed by atoms with Crippen molar-refractivity contribution < 1.29 is 9.53 Å². The molecule has 2 heteroatoms. The Hall–Kier alpha value is -0.790. The van der Waals surface area contributed by atoms with E-state index in [1.54, 1.807) is 0 Å². The van der Waals surface area contributed by atoms with Gasteiger partial charge in [-0.15, -0.1) is 0 Å². The first-order valence-electron chi connectivity index (χ1n) is 4.35. The Kier molecular flexibility index (Phi) is 2.27. The fourth-order valence-electron chi connectivity index (χ4n) is 1.50. The molecule has 1 atom stereocenters. The van der Waals surface area contributed by atoms with Gasteiger partial charge in [0.2, 0.25) is 0 Å². The number of ether oxygens (including phenoxy) is 1. The molecular weight excluding hydrogens is 152 g/mol. The minimum absolute atomic E-state index is 0.0324. The van der Waals surface area contributed by atoms with Crippen LogP contribution in [0.25, 0.3) is 0 Å². The Balaban J connectivity index is 2.57. The zero-order valence-corrected chi connectivity index (χ0v) is 8.02. The van der Waals surface area contributed by atoms with Crippen LogP contribution in [0.5, 0.6) is 0 Å². The molecule has 1 aliphatic carbocycles. The van der Waals surface area contributed by atoms with Crippen LogP contribution in [0.1, 0.15) is 27.2 Å². The molecule has 0 aromatic carbocycles. The molecule has 68 valence electrons. The van der Waals surface area contributed by atoms with Gasteiger partial charge in [0.25, 0.3) is 0 Å². The first-order valence-corrected chi connectivity index (χ1v) is 4.35. The predicted octanol–water partition coefficient (Wildman–Crippen LogP) is 2.15. The molecule has 0 amide bonds. The Labute approximate surface area is 73.6 Å². The van der Waals surface area contributed by atoms with Crippen molar-refractivity contribution >= 4 is 5.97 Å². The van der Waals surface area contributed by atoms with Gasteiger partial charge < -0.3 is 4.74 Å². The average Bonchev–Trinajstić information content (AvgIpc) is 2.00. The van der Waals surface area contributed by atoms with E-state index in [0.717, 1.165) is 12.0 Å². The van der Waals surface area contributed by atoms with Crippen LogP contribution in [0, 0.1) is 11.3 Å². The summed E-state index contributed by atoms with van der Waals surface area (Å²) in [6, 6.07) is 0. The molecule has 0 aliphatic heterocycles. The van der Waals surface area contributed by atoms with Crippen molar-refractivity contribution in [3.63, 3.8) is 0 Å². The Morgan fingerprint density at radius 3 is 2.67 bits per heavy atom. The molecule has 1 aliphatic rings. The quantitative estimate of drug-likeness (QED) is 0.466. The van der Waals surface area contributed by atoms with E-state index < -0.39 is 0 Å². The molecule has 0 spiro atoms. The lowest BCUT2D eigenvalue weighted by Gasteiger charge is -2.44. The summed E-state index contributed by atoms with van der Waals surface area (Å²) in [5, 5.41) is 0. The zero-order valence-electron chi connectivity index (χ0n) is 8.02. The van der Waals surface area contributed by atoms with Crippen molar-refractivity contribution in [2.24, 2.45) is 11.3 Å². The van der Waals surface area contributed by atoms with E-state index in [1.807, 2.05) is 20.8 Å². The van der Waals surface area contributed by atoms with Gasteiger partial charge in [-0.2, -0.15) is 0 Å². The average molecular weight is 168 g/mol. The zero-order chi connectivity index (χ0) is 9.35. The second kappa shape index (κ2) is 2.92. The smallest absolute Gasteiger partial charge is 0.310 e. The summed E-state index contributed by atoms with van der Waals surface area (Å²) in [6.07, 6.45) is 0.797. The van der Waals surface area contributed by atoms with Crippen molar-refractivity contribution in [1.82, 2.24) is 0 Å². The standard InChI is InChI=1S/C10H16O2/c1-5-12-9(11)8-6-7(2)10(8,3)4/h8H,2,5-6H2,1,3-4H3. The molecule has 1 rings (SSSR count). The van der Waals surface area contributed by atoms with Crippen LogP contribution in [0.2, 0.25) is 0 Å². The van der Waals surface area contributed by atoms with E-state index in [1.165, 1.54) is 0 Å². The van der Waals surface area contributed by atoms with E-state index >= 15 is 0 Å². The SMILES string of the molecule is C=C1CC(C(=O)OCC)C1(C)C. The molecule has 1 unspecified atom stereocenters. The summed E-state index contributed by atoms with van der Waals surface area (Å²) in [5.74, 6) is -0.0418. The minimum atomic E-state index is -0.0742. The molecule has 0 N–H and O–H groups in total. The highest BCUT2D eigenvalue weighted by molar-refractivity contribution is 5.76. The Morgan fingerprint density at radius 2 is 2.33 bits per heavy atom. The molecule has 0 saturated heterocycles. The van der Waals surface area contributed by atoms with Gasteiger partial charge in [-0.3, -0.25) is 4.79 Å². The maximum Gasteiger partial charge on any atom is 0.310 e. The third kappa shape index (κ3) is 1.26. The summed E-state index contributed by atoms with van der Waals surface area (Å²) in [6.45, 7) is 10.3. The van der Waals surface area contributed by atoms with Crippen molar-refractivity contribution in [1.29, 1.82) is 0 Å². The molecule has 1 fully saturated rings. The van der Waals surface area contributed by atoms with Crippen LogP contribution in [-0.2, 0) is 9.53 Å². The van der Waals surface area contributed by atoms with E-state index in [4.69, 9.17) is 4.74 Å². The van der Waals surface area contributed by atoms with E-state index in [-0.39, 0.29) is 17.3 Å². The number of carbonyl (C=O) groups excluding carboxylic acids is 1. The summed E-state index contributed by atoms with van der Waals surface area (Å²) in [5.41, 5.74) is 1.10. The number of rotatable bonds is 2. The van der Waals surface area contributed by atoms with E-state index in [0.29, 0.717) is 6.61 Å². The largest absolute Gasteiger partial charge is 0.466 e. The van der Waals surface area contributed by atoms with Gasteiger partial charge in [-0.1, -0.05) is 26.0 Å². The molecule has 0 radical (unpaired) electrons. The Bertz CT molecular complexity index is 216. The second-order valence-corrected chi connectivity index (χ2v) is 3.83. The van der Waals surface area contributed by atoms with Gasteiger partial charge >= 0.3 is 5.97 Å². The summed E-state index contributed by atoms with van der Waals surface area (Å²) >= 11 is 0. The van der Waals surface area contributed by atoms with Gasteiger partial charge in [0.15, 0.2) is 0 Å². The van der Waals surface area contributed by atoms with Gasteiger partial charge in [0, 0.05) is 0 Å². The summed E-state index contributed by atoms with van der Waals surface area (Å²) in [4.78, 5) is 11.3. The number of hydrogen-bond acceptors (Lipinski definition) is 2. The molecule has 0 bridgehead atoms. The van der Waals surface area contributed by atoms with E-state index in [2.05, 4.69) is 6.58 Å². The lowest BCUT2D eigenvalue weighted by Crippen LogP contribution is -2.43. The summed E-state index contributed by atoms with van der Waals surface area (Å²) < 4.78 is 4.95. The van der Waals surface area contributed by atoms with Gasteiger partial charge in [-0.25, -0.2) is 0 Å². The topological polar surface area (TPSA) is 26.3 Å². The van der Waals surface area contributed by atoms with Crippen molar-refractivity contribution in [3.05, 3.63) is 12.2 Å². The summed E-state index contributed by atoms with van der Waals surface area (Å²) in [7, 11) is 0. The minimum Gasteiger partial charge on any atom is -0.466 e. The molecule has 0 aromatic heterocycles. The first kappa shape index (κ1) is 9.30. The number of hydrogen-bond donors (Lipinski definition) is 0. The number of carbonyl (C=O) groups is 1. The van der Waals surface area contributed by atoms with Crippen molar-refractivity contribution in [2.75, 3.05) is 6.61 Å². The van der Waals surface area contributed by atoms with Gasteiger partial charge in [-0.05, 0) is 18.8 Å². The number of esters is 1. The second-order valence-electron chi connectivity index (χ2n) is 3.83. The van der Waals surface area contributed by atoms with Crippen LogP contribution >= 0.6 is 0 Å². The lowest BCUT2D eigenvalue weighted by atomic mass is 9.59. The third-order valence-corrected chi connectivity index (χ3v) is 2.80. The maximum atomic E-state index is 11.3. The predicted molar refractivity (Wildman–Crippen MR) is 47.7 cm³/mol. The van der Waals surface area contributed by atoms with Gasteiger partial charge in [0.05, 0.1) is 12.5 Å². The fraction of sp³-hybridized carbons (Fsp3) is 0.700. The van der Waals surface area contributed by atoms with Crippen LogP contribution in [0.15, 0.2) is 12.2 Å². The molecule has 1 saturated carbocycles. The van der Waals surface area contributed by atoms with Gasteiger partial charge in [0.1, 0.15) is 0 Å². The van der Waals surface area contributed by atoms with E-state index in [9.17, 15) is 4.79 Å². The molecule has 0 heterocycles. The highest BCUT2D eigenvalue weighted by Crippen LogP contribution is 2.50. The van der Waals surface area contributed by atoms with Crippen LogP contribution in [0.3, 0.4) is 0 Å².